The third-order valence-corrected chi connectivity index (χ3v) is 4.69. The van der Waals surface area contributed by atoms with E-state index in [0.717, 1.165) is 9.13 Å². The predicted molar refractivity (Wildman–Crippen MR) is 116 cm³/mol. The van der Waals surface area contributed by atoms with Crippen LogP contribution in [0, 0.1) is 3.57 Å². The van der Waals surface area contributed by atoms with Crippen molar-refractivity contribution < 1.29 is 9.59 Å². The molecule has 0 aliphatic rings. The minimum Gasteiger partial charge on any atom is -0.321 e. The Kier molecular flexibility index (Phi) is 6.38. The molecule has 0 spiro atoms. The van der Waals surface area contributed by atoms with Crippen molar-refractivity contribution in [2.75, 3.05) is 5.32 Å². The van der Waals surface area contributed by atoms with Crippen LogP contribution in [0.15, 0.2) is 90.6 Å². The first-order valence-corrected chi connectivity index (χ1v) is 9.40. The van der Waals surface area contributed by atoms with Crippen LogP contribution in [0.5, 0.6) is 0 Å². The van der Waals surface area contributed by atoms with Crippen molar-refractivity contribution in [1.82, 2.24) is 5.32 Å². The second-order valence-electron chi connectivity index (χ2n) is 5.72. The minimum absolute atomic E-state index is 0.176. The lowest BCUT2D eigenvalue weighted by Gasteiger charge is -2.12. The van der Waals surface area contributed by atoms with Crippen LogP contribution >= 0.6 is 22.6 Å². The molecule has 0 saturated carbocycles. The van der Waals surface area contributed by atoms with E-state index in [1.165, 1.54) is 0 Å². The zero-order valence-corrected chi connectivity index (χ0v) is 16.5. The van der Waals surface area contributed by atoms with Gasteiger partial charge in [-0.05, 0) is 58.5 Å². The van der Waals surface area contributed by atoms with Gasteiger partial charge in [-0.15, -0.1) is 0 Å². The topological polar surface area (TPSA) is 58.2 Å². The molecule has 3 aromatic rings. The Morgan fingerprint density at radius 1 is 0.778 bits per heavy atom. The van der Waals surface area contributed by atoms with Crippen LogP contribution in [0.1, 0.15) is 15.9 Å². The summed E-state index contributed by atoms with van der Waals surface area (Å²) >= 11 is 2.10. The van der Waals surface area contributed by atoms with Crippen LogP contribution in [-0.4, -0.2) is 11.8 Å². The van der Waals surface area contributed by atoms with Gasteiger partial charge in [0.05, 0.1) is 5.56 Å². The van der Waals surface area contributed by atoms with Gasteiger partial charge >= 0.3 is 0 Å². The summed E-state index contributed by atoms with van der Waals surface area (Å²) in [5.74, 6) is -0.713. The summed E-state index contributed by atoms with van der Waals surface area (Å²) in [6.45, 7) is 0. The summed E-state index contributed by atoms with van der Waals surface area (Å²) in [5, 5.41) is 5.56. The fourth-order valence-electron chi connectivity index (χ4n) is 2.43. The van der Waals surface area contributed by atoms with Crippen molar-refractivity contribution >= 4 is 46.2 Å². The summed E-state index contributed by atoms with van der Waals surface area (Å²) in [5.41, 5.74) is 2.17. The molecule has 0 bridgehead atoms. The normalized spacial score (nSPS) is 10.9. The van der Waals surface area contributed by atoms with Crippen molar-refractivity contribution in [2.24, 2.45) is 0 Å². The number of halogens is 1. The third-order valence-electron chi connectivity index (χ3n) is 3.75. The van der Waals surface area contributed by atoms with E-state index in [-0.39, 0.29) is 17.5 Å². The molecule has 5 heteroatoms. The SMILES string of the molecule is O=C(Nc1ccccc1)/C(=C\c1ccccc1)NC(=O)c1ccccc1I. The van der Waals surface area contributed by atoms with Gasteiger partial charge in [-0.2, -0.15) is 0 Å². The number of nitrogens with one attached hydrogen (secondary N) is 2. The highest BCUT2D eigenvalue weighted by atomic mass is 127. The first-order chi connectivity index (χ1) is 13.1. The molecular weight excluding hydrogens is 451 g/mol. The minimum atomic E-state index is -0.385. The highest BCUT2D eigenvalue weighted by Gasteiger charge is 2.16. The van der Waals surface area contributed by atoms with Crippen molar-refractivity contribution in [2.45, 2.75) is 0 Å². The number of carbonyl (C=O) groups excluding carboxylic acids is 2. The van der Waals surface area contributed by atoms with Crippen LogP contribution in [0.4, 0.5) is 5.69 Å². The van der Waals surface area contributed by atoms with Gasteiger partial charge < -0.3 is 10.6 Å². The van der Waals surface area contributed by atoms with Crippen molar-refractivity contribution in [3.8, 4) is 0 Å². The average molecular weight is 468 g/mol. The second kappa shape index (κ2) is 9.14. The Bertz CT molecular complexity index is 970. The summed E-state index contributed by atoms with van der Waals surface area (Å²) in [4.78, 5) is 25.5. The molecule has 27 heavy (non-hydrogen) atoms. The van der Waals surface area contributed by atoms with Crippen LogP contribution in [-0.2, 0) is 4.79 Å². The lowest BCUT2D eigenvalue weighted by Crippen LogP contribution is -2.31. The lowest BCUT2D eigenvalue weighted by molar-refractivity contribution is -0.113. The molecule has 0 radical (unpaired) electrons. The highest BCUT2D eigenvalue weighted by molar-refractivity contribution is 14.1. The van der Waals surface area contributed by atoms with Crippen molar-refractivity contribution in [3.63, 3.8) is 0 Å². The van der Waals surface area contributed by atoms with E-state index < -0.39 is 0 Å². The molecule has 0 saturated heterocycles. The molecule has 0 unspecified atom stereocenters. The number of hydrogen-bond donors (Lipinski definition) is 2. The molecule has 0 aromatic heterocycles. The standard InChI is InChI=1S/C22H17IN2O2/c23-19-14-8-7-13-18(19)21(26)25-20(15-16-9-3-1-4-10-16)22(27)24-17-11-5-2-6-12-17/h1-15H,(H,24,27)(H,25,26)/b20-15+. The first-order valence-electron chi connectivity index (χ1n) is 8.32. The molecule has 0 aliphatic carbocycles. The number of rotatable bonds is 5. The molecule has 2 N–H and O–H groups in total. The van der Waals surface area contributed by atoms with E-state index in [1.54, 1.807) is 30.3 Å². The van der Waals surface area contributed by atoms with E-state index in [2.05, 4.69) is 33.2 Å². The van der Waals surface area contributed by atoms with Gasteiger partial charge in [0, 0.05) is 9.26 Å². The Morgan fingerprint density at radius 3 is 2.04 bits per heavy atom. The molecule has 0 heterocycles. The summed E-state index contributed by atoms with van der Waals surface area (Å²) in [6.07, 6.45) is 1.66. The van der Waals surface area contributed by atoms with Gasteiger partial charge in [0.15, 0.2) is 0 Å². The number of hydrogen-bond acceptors (Lipinski definition) is 2. The summed E-state index contributed by atoms with van der Waals surface area (Å²) < 4.78 is 0.815. The Hall–Kier alpha value is -2.93. The van der Waals surface area contributed by atoms with Gasteiger partial charge in [0.25, 0.3) is 11.8 Å². The van der Waals surface area contributed by atoms with Gasteiger partial charge in [-0.25, -0.2) is 0 Å². The van der Waals surface area contributed by atoms with Gasteiger partial charge in [0.1, 0.15) is 5.70 Å². The molecule has 2 amide bonds. The first kappa shape index (κ1) is 18.8. The molecule has 3 aromatic carbocycles. The van der Waals surface area contributed by atoms with E-state index in [1.807, 2.05) is 60.7 Å². The second-order valence-corrected chi connectivity index (χ2v) is 6.89. The number of carbonyl (C=O) groups is 2. The molecule has 0 fully saturated rings. The van der Waals surface area contributed by atoms with E-state index >= 15 is 0 Å². The van der Waals surface area contributed by atoms with Crippen LogP contribution in [0.3, 0.4) is 0 Å². The molecule has 4 nitrogen and oxygen atoms in total. The number of anilines is 1. The smallest absolute Gasteiger partial charge is 0.272 e. The van der Waals surface area contributed by atoms with E-state index in [4.69, 9.17) is 0 Å². The van der Waals surface area contributed by atoms with Gasteiger partial charge in [-0.1, -0.05) is 60.7 Å². The van der Waals surface area contributed by atoms with Gasteiger partial charge in [-0.3, -0.25) is 9.59 Å². The highest BCUT2D eigenvalue weighted by Crippen LogP contribution is 2.14. The van der Waals surface area contributed by atoms with Crippen LogP contribution in [0.25, 0.3) is 6.08 Å². The monoisotopic (exact) mass is 468 g/mol. The fourth-order valence-corrected chi connectivity index (χ4v) is 3.06. The third kappa shape index (κ3) is 5.27. The number of benzene rings is 3. The average Bonchev–Trinajstić information content (AvgIpc) is 2.69. The molecule has 0 aliphatic heterocycles. The molecule has 134 valence electrons. The number of amides is 2. The molecule has 3 rings (SSSR count). The maximum absolute atomic E-state index is 12.8. The lowest BCUT2D eigenvalue weighted by atomic mass is 10.1. The van der Waals surface area contributed by atoms with Crippen molar-refractivity contribution in [3.05, 3.63) is 105 Å². The number of para-hydroxylation sites is 1. The molecule has 0 atom stereocenters. The Balaban J connectivity index is 1.88. The van der Waals surface area contributed by atoms with E-state index in [9.17, 15) is 9.59 Å². The zero-order chi connectivity index (χ0) is 19.1. The zero-order valence-electron chi connectivity index (χ0n) is 14.4. The fraction of sp³-hybridized carbons (Fsp3) is 0. The quantitative estimate of drug-likeness (QED) is 0.422. The maximum atomic E-state index is 12.8. The predicted octanol–water partition coefficient (Wildman–Crippen LogP) is 4.70. The van der Waals surface area contributed by atoms with Crippen LogP contribution < -0.4 is 10.6 Å². The Morgan fingerprint density at radius 2 is 1.37 bits per heavy atom. The maximum Gasteiger partial charge on any atom is 0.272 e. The van der Waals surface area contributed by atoms with Crippen molar-refractivity contribution in [1.29, 1.82) is 0 Å². The summed E-state index contributed by atoms with van der Waals surface area (Å²) in [7, 11) is 0. The van der Waals surface area contributed by atoms with Gasteiger partial charge in [0.2, 0.25) is 0 Å². The largest absolute Gasteiger partial charge is 0.321 e. The summed E-state index contributed by atoms with van der Waals surface area (Å²) in [6, 6.07) is 25.7. The van der Waals surface area contributed by atoms with Crippen LogP contribution in [0.2, 0.25) is 0 Å². The Labute approximate surface area is 171 Å². The molecular formula is C22H17IN2O2. The van der Waals surface area contributed by atoms with E-state index in [0.29, 0.717) is 11.3 Å².